The van der Waals surface area contributed by atoms with Crippen molar-refractivity contribution in [3.8, 4) is 6.07 Å². The summed E-state index contributed by atoms with van der Waals surface area (Å²) in [6, 6.07) is 6.46. The van der Waals surface area contributed by atoms with Gasteiger partial charge in [-0.1, -0.05) is 6.07 Å². The molecule has 1 saturated carbocycles. The molecule has 5 nitrogen and oxygen atoms in total. The van der Waals surface area contributed by atoms with Crippen LogP contribution >= 0.6 is 11.3 Å². The molecule has 0 bridgehead atoms. The molecule has 0 radical (unpaired) electrons. The first-order chi connectivity index (χ1) is 11.6. The molecule has 2 heterocycles. The van der Waals surface area contributed by atoms with Crippen LogP contribution in [0.1, 0.15) is 37.5 Å². The van der Waals surface area contributed by atoms with E-state index in [2.05, 4.69) is 22.8 Å². The average molecular weight is 348 g/mol. The largest absolute Gasteiger partial charge is 0.372 e. The minimum Gasteiger partial charge on any atom is -0.372 e. The number of thiophene rings is 1. The first-order valence-corrected chi connectivity index (χ1v) is 9.67. The van der Waals surface area contributed by atoms with Gasteiger partial charge in [0.15, 0.2) is 6.54 Å². The Morgan fingerprint density at radius 3 is 2.96 bits per heavy atom. The normalized spacial score (nSPS) is 24.1. The molecule has 1 aromatic heterocycles. The molecule has 6 heteroatoms. The van der Waals surface area contributed by atoms with Crippen molar-refractivity contribution in [2.75, 3.05) is 19.7 Å². The number of rotatable bonds is 8. The van der Waals surface area contributed by atoms with Gasteiger partial charge in [0.25, 0.3) is 5.91 Å². The average Bonchev–Trinajstić information content (AvgIpc) is 3.07. The van der Waals surface area contributed by atoms with Crippen molar-refractivity contribution < 1.29 is 14.4 Å². The predicted octanol–water partition coefficient (Wildman–Crippen LogP) is 1.12. The number of amides is 1. The van der Waals surface area contributed by atoms with Gasteiger partial charge in [-0.25, -0.2) is 0 Å². The molecular formula is C18H26N3O2S+. The van der Waals surface area contributed by atoms with E-state index in [9.17, 15) is 10.1 Å². The minimum absolute atomic E-state index is 0.0319. The monoisotopic (exact) mass is 348 g/mol. The molecule has 3 rings (SSSR count). The Bertz CT molecular complexity index is 588. The van der Waals surface area contributed by atoms with Crippen molar-refractivity contribution in [3.05, 3.63) is 22.4 Å². The summed E-state index contributed by atoms with van der Waals surface area (Å²) in [4.78, 5) is 15.0. The van der Waals surface area contributed by atoms with Crippen molar-refractivity contribution in [2.45, 2.75) is 50.8 Å². The number of nitrogens with zero attached hydrogens (tertiary/aromatic N) is 1. The van der Waals surface area contributed by atoms with E-state index in [-0.39, 0.29) is 12.0 Å². The Kier molecular flexibility index (Phi) is 5.54. The van der Waals surface area contributed by atoms with Crippen LogP contribution in [0.15, 0.2) is 17.5 Å². The SMILES string of the molecule is C[C@](C#N)(NC(=O)C[NH+](Cc1cccs1)C[C@@H]1CCCO1)C1CC1. The molecule has 1 aliphatic heterocycles. The zero-order valence-corrected chi connectivity index (χ0v) is 15.0. The van der Waals surface area contributed by atoms with Crippen LogP contribution in [-0.2, 0) is 16.1 Å². The standard InChI is InChI=1S/C18H25N3O2S/c1-18(13-19,14-6-7-14)20-17(22)12-21(10-15-4-2-8-23-15)11-16-5-3-9-24-16/h3,5,9,14-15H,2,4,6-8,10-12H2,1H3,(H,20,22)/p+1/t15-,18+/m0/s1. The van der Waals surface area contributed by atoms with Gasteiger partial charge in [-0.3, -0.25) is 4.79 Å². The van der Waals surface area contributed by atoms with Gasteiger partial charge in [0.05, 0.1) is 10.9 Å². The lowest BCUT2D eigenvalue weighted by Crippen LogP contribution is -3.13. The van der Waals surface area contributed by atoms with Gasteiger partial charge in [-0.2, -0.15) is 5.26 Å². The molecule has 1 amide bonds. The summed E-state index contributed by atoms with van der Waals surface area (Å²) >= 11 is 1.72. The molecular weight excluding hydrogens is 322 g/mol. The highest BCUT2D eigenvalue weighted by Gasteiger charge is 2.43. The van der Waals surface area contributed by atoms with Crippen molar-refractivity contribution >= 4 is 17.2 Å². The molecule has 1 aromatic rings. The summed E-state index contributed by atoms with van der Waals surface area (Å²) in [6.07, 6.45) is 4.50. The molecule has 130 valence electrons. The zero-order valence-electron chi connectivity index (χ0n) is 14.2. The lowest BCUT2D eigenvalue weighted by molar-refractivity contribution is -0.908. The number of hydrogen-bond donors (Lipinski definition) is 2. The highest BCUT2D eigenvalue weighted by Crippen LogP contribution is 2.39. The smallest absolute Gasteiger partial charge is 0.276 e. The fourth-order valence-corrected chi connectivity index (χ4v) is 4.21. The third-order valence-electron chi connectivity index (χ3n) is 4.98. The highest BCUT2D eigenvalue weighted by molar-refractivity contribution is 7.09. The number of nitriles is 1. The summed E-state index contributed by atoms with van der Waals surface area (Å²) in [5.41, 5.74) is -0.713. The van der Waals surface area contributed by atoms with Crippen molar-refractivity contribution in [2.24, 2.45) is 5.92 Å². The maximum atomic E-state index is 12.5. The second kappa shape index (κ2) is 7.64. The first-order valence-electron chi connectivity index (χ1n) is 8.79. The quantitative estimate of drug-likeness (QED) is 0.740. The number of quaternary nitrogens is 1. The summed E-state index contributed by atoms with van der Waals surface area (Å²) < 4.78 is 5.75. The van der Waals surface area contributed by atoms with Gasteiger partial charge >= 0.3 is 0 Å². The topological polar surface area (TPSA) is 66.6 Å². The van der Waals surface area contributed by atoms with Gasteiger partial charge in [-0.15, -0.1) is 11.3 Å². The second-order valence-electron chi connectivity index (χ2n) is 7.16. The summed E-state index contributed by atoms with van der Waals surface area (Å²) in [7, 11) is 0. The van der Waals surface area contributed by atoms with E-state index in [0.717, 1.165) is 45.4 Å². The first kappa shape index (κ1) is 17.4. The molecule has 2 aliphatic rings. The van der Waals surface area contributed by atoms with E-state index in [1.54, 1.807) is 11.3 Å². The summed E-state index contributed by atoms with van der Waals surface area (Å²) in [5.74, 6) is 0.279. The van der Waals surface area contributed by atoms with E-state index in [1.807, 2.05) is 13.0 Å². The maximum absolute atomic E-state index is 12.5. The van der Waals surface area contributed by atoms with Crippen LogP contribution in [0.25, 0.3) is 0 Å². The number of nitrogens with one attached hydrogen (secondary N) is 2. The molecule has 2 N–H and O–H groups in total. The van der Waals surface area contributed by atoms with Gasteiger partial charge in [0.1, 0.15) is 24.7 Å². The van der Waals surface area contributed by atoms with E-state index >= 15 is 0 Å². The summed E-state index contributed by atoms with van der Waals surface area (Å²) in [5, 5.41) is 14.5. The van der Waals surface area contributed by atoms with Crippen molar-refractivity contribution in [3.63, 3.8) is 0 Å². The molecule has 1 saturated heterocycles. The molecule has 2 fully saturated rings. The molecule has 0 aromatic carbocycles. The third-order valence-corrected chi connectivity index (χ3v) is 5.86. The van der Waals surface area contributed by atoms with Crippen LogP contribution < -0.4 is 10.2 Å². The number of hydrogen-bond acceptors (Lipinski definition) is 4. The molecule has 1 unspecified atom stereocenters. The van der Waals surface area contributed by atoms with E-state index in [1.165, 1.54) is 9.78 Å². The fourth-order valence-electron chi connectivity index (χ4n) is 3.44. The second-order valence-corrected chi connectivity index (χ2v) is 8.19. The Balaban J connectivity index is 1.59. The Morgan fingerprint density at radius 2 is 2.38 bits per heavy atom. The predicted molar refractivity (Wildman–Crippen MR) is 92.6 cm³/mol. The third kappa shape index (κ3) is 4.56. The Labute approximate surface area is 147 Å². The van der Waals surface area contributed by atoms with Gasteiger partial charge in [0, 0.05) is 6.61 Å². The van der Waals surface area contributed by atoms with Crippen LogP contribution in [0.3, 0.4) is 0 Å². The number of carbonyl (C=O) groups is 1. The van der Waals surface area contributed by atoms with Crippen molar-refractivity contribution in [1.29, 1.82) is 5.26 Å². The van der Waals surface area contributed by atoms with Crippen LogP contribution in [-0.4, -0.2) is 37.2 Å². The zero-order chi connectivity index (χ0) is 17.0. The molecule has 3 atom stereocenters. The lowest BCUT2D eigenvalue weighted by atomic mass is 9.98. The Morgan fingerprint density at radius 1 is 1.54 bits per heavy atom. The lowest BCUT2D eigenvalue weighted by Gasteiger charge is -2.26. The maximum Gasteiger partial charge on any atom is 0.276 e. The van der Waals surface area contributed by atoms with Crippen LogP contribution in [0.5, 0.6) is 0 Å². The van der Waals surface area contributed by atoms with Crippen LogP contribution in [0, 0.1) is 17.2 Å². The van der Waals surface area contributed by atoms with E-state index in [0.29, 0.717) is 12.5 Å². The Hall–Kier alpha value is -1.42. The minimum atomic E-state index is -0.713. The van der Waals surface area contributed by atoms with E-state index in [4.69, 9.17) is 4.74 Å². The number of ether oxygens (including phenoxy) is 1. The molecule has 1 aliphatic carbocycles. The van der Waals surface area contributed by atoms with Crippen molar-refractivity contribution in [1.82, 2.24) is 5.32 Å². The highest BCUT2D eigenvalue weighted by atomic mass is 32.1. The fraction of sp³-hybridized carbons (Fsp3) is 0.667. The summed E-state index contributed by atoms with van der Waals surface area (Å²) in [6.45, 7) is 4.75. The molecule has 24 heavy (non-hydrogen) atoms. The van der Waals surface area contributed by atoms with Crippen LogP contribution in [0.4, 0.5) is 0 Å². The van der Waals surface area contributed by atoms with Gasteiger partial charge in [-0.05, 0) is 50.0 Å². The van der Waals surface area contributed by atoms with Gasteiger partial charge in [0.2, 0.25) is 0 Å². The van der Waals surface area contributed by atoms with Crippen LogP contribution in [0.2, 0.25) is 0 Å². The van der Waals surface area contributed by atoms with E-state index < -0.39 is 5.54 Å². The number of carbonyl (C=O) groups excluding carboxylic acids is 1. The molecule has 0 spiro atoms. The van der Waals surface area contributed by atoms with Gasteiger partial charge < -0.3 is 15.0 Å².